The fourth-order valence-corrected chi connectivity index (χ4v) is 2.46. The minimum Gasteiger partial charge on any atom is -0.465 e. The molecule has 0 fully saturated rings. The Labute approximate surface area is 136 Å². The quantitative estimate of drug-likeness (QED) is 0.389. The van der Waals surface area contributed by atoms with Gasteiger partial charge in [-0.1, -0.05) is 12.1 Å². The van der Waals surface area contributed by atoms with Gasteiger partial charge in [0.1, 0.15) is 0 Å². The molecule has 1 heterocycles. The van der Waals surface area contributed by atoms with Crippen molar-refractivity contribution in [1.82, 2.24) is 9.97 Å². The second-order valence-corrected chi connectivity index (χ2v) is 5.61. The van der Waals surface area contributed by atoms with Gasteiger partial charge >= 0.3 is 5.97 Å². The fraction of sp³-hybridized carbons (Fsp3) is 0.133. The van der Waals surface area contributed by atoms with Crippen molar-refractivity contribution < 1.29 is 9.53 Å². The number of benzene rings is 1. The molecule has 0 aliphatic rings. The van der Waals surface area contributed by atoms with Crippen LogP contribution in [0.3, 0.4) is 0 Å². The molecule has 1 aromatic heterocycles. The Morgan fingerprint density at radius 1 is 1.27 bits per heavy atom. The first kappa shape index (κ1) is 16.3. The molecule has 0 atom stereocenters. The normalized spacial score (nSPS) is 11.3. The van der Waals surface area contributed by atoms with Crippen molar-refractivity contribution in [2.45, 2.75) is 4.90 Å². The van der Waals surface area contributed by atoms with Crippen LogP contribution in [0.25, 0.3) is 11.6 Å². The van der Waals surface area contributed by atoms with Crippen LogP contribution in [0.4, 0.5) is 0 Å². The Balaban J connectivity index is 2.53. The van der Waals surface area contributed by atoms with Crippen LogP contribution < -0.4 is 5.56 Å². The van der Waals surface area contributed by atoms with Gasteiger partial charge in [-0.15, -0.1) is 11.8 Å². The largest absolute Gasteiger partial charge is 0.465 e. The average Bonchev–Trinajstić information content (AvgIpc) is 2.51. The highest BCUT2D eigenvalue weighted by molar-refractivity contribution is 7.98. The number of esters is 1. The van der Waals surface area contributed by atoms with Crippen molar-refractivity contribution in [3.8, 4) is 0 Å². The van der Waals surface area contributed by atoms with Gasteiger partial charge in [0.25, 0.3) is 5.56 Å². The summed E-state index contributed by atoms with van der Waals surface area (Å²) in [5.41, 5.74) is 0.982. The minimum atomic E-state index is -0.551. The van der Waals surface area contributed by atoms with E-state index in [1.54, 1.807) is 17.8 Å². The van der Waals surface area contributed by atoms with Crippen molar-refractivity contribution >= 4 is 41.6 Å². The average molecular weight is 334 g/mol. The summed E-state index contributed by atoms with van der Waals surface area (Å²) in [6.07, 6.45) is 3.64. The van der Waals surface area contributed by atoms with E-state index in [4.69, 9.17) is 17.0 Å². The van der Waals surface area contributed by atoms with E-state index < -0.39 is 5.97 Å². The van der Waals surface area contributed by atoms with E-state index in [9.17, 15) is 9.59 Å². The van der Waals surface area contributed by atoms with Crippen LogP contribution in [0.1, 0.15) is 11.3 Å². The number of aromatic nitrogens is 2. The third-order valence-corrected chi connectivity index (χ3v) is 3.83. The van der Waals surface area contributed by atoms with Crippen molar-refractivity contribution in [3.05, 3.63) is 56.7 Å². The summed E-state index contributed by atoms with van der Waals surface area (Å²) >= 11 is 6.56. The number of rotatable bonds is 4. The van der Waals surface area contributed by atoms with Gasteiger partial charge in [-0.3, -0.25) is 9.78 Å². The smallest absolute Gasteiger partial charge is 0.339 e. The highest BCUT2D eigenvalue weighted by atomic mass is 32.2. The van der Waals surface area contributed by atoms with Gasteiger partial charge in [-0.05, 0) is 42.2 Å². The van der Waals surface area contributed by atoms with Crippen molar-refractivity contribution in [1.29, 1.82) is 0 Å². The maximum absolute atomic E-state index is 12.0. The lowest BCUT2D eigenvalue weighted by Crippen LogP contribution is -2.12. The third kappa shape index (κ3) is 3.96. The Hall–Kier alpha value is -2.12. The van der Waals surface area contributed by atoms with Gasteiger partial charge in [-0.2, -0.15) is 0 Å². The molecule has 0 aliphatic heterocycles. The van der Waals surface area contributed by atoms with Gasteiger partial charge in [0, 0.05) is 11.0 Å². The summed E-state index contributed by atoms with van der Waals surface area (Å²) in [5, 5.41) is 0. The molecule has 0 aliphatic carbocycles. The second-order valence-electron chi connectivity index (χ2n) is 4.32. The predicted molar refractivity (Wildman–Crippen MR) is 90.4 cm³/mol. The van der Waals surface area contributed by atoms with Gasteiger partial charge in [-0.25, -0.2) is 4.79 Å². The molecule has 2 aromatic rings. The molecule has 0 saturated carbocycles. The molecule has 2 rings (SSSR count). The Morgan fingerprint density at radius 3 is 2.50 bits per heavy atom. The van der Waals surface area contributed by atoms with Gasteiger partial charge in [0.15, 0.2) is 4.77 Å². The van der Waals surface area contributed by atoms with E-state index in [1.165, 1.54) is 13.2 Å². The molecule has 0 saturated heterocycles. The summed E-state index contributed by atoms with van der Waals surface area (Å²) in [7, 11) is 1.29. The van der Waals surface area contributed by atoms with E-state index in [0.717, 1.165) is 10.5 Å². The highest BCUT2D eigenvalue weighted by Gasteiger charge is 2.14. The zero-order valence-corrected chi connectivity index (χ0v) is 13.6. The van der Waals surface area contributed by atoms with Crippen LogP contribution >= 0.6 is 24.0 Å². The van der Waals surface area contributed by atoms with Crippen LogP contribution in [0.5, 0.6) is 0 Å². The summed E-state index contributed by atoms with van der Waals surface area (Å²) in [6, 6.07) is 8.94. The standard InChI is InChI=1S/C15H14N2O3S2/c1-20-14(19)11(12-8-13(18)17-15(21)16-12)7-9-3-5-10(22-2)6-4-9/h3-8H,1-2H3,(H2,16,17,18,21)/b11-7-. The molecule has 7 heteroatoms. The lowest BCUT2D eigenvalue weighted by Gasteiger charge is -2.06. The van der Waals surface area contributed by atoms with Crippen LogP contribution in [-0.2, 0) is 9.53 Å². The number of methoxy groups -OCH3 is 1. The monoisotopic (exact) mass is 334 g/mol. The SMILES string of the molecule is COC(=O)/C(=C\c1ccc(SC)cc1)c1cc(=O)[nH]c(=S)[nH]1. The number of hydrogen-bond donors (Lipinski definition) is 2. The second kappa shape index (κ2) is 7.24. The zero-order valence-electron chi connectivity index (χ0n) is 12.0. The minimum absolute atomic E-state index is 0.148. The zero-order chi connectivity index (χ0) is 16.1. The summed E-state index contributed by atoms with van der Waals surface area (Å²) in [5.74, 6) is -0.551. The molecule has 0 spiro atoms. The number of carbonyl (C=O) groups is 1. The van der Waals surface area contributed by atoms with E-state index in [-0.39, 0.29) is 15.9 Å². The lowest BCUT2D eigenvalue weighted by atomic mass is 10.1. The first-order valence-corrected chi connectivity index (χ1v) is 7.95. The molecule has 22 heavy (non-hydrogen) atoms. The number of aromatic amines is 2. The summed E-state index contributed by atoms with van der Waals surface area (Å²) in [6.45, 7) is 0. The Kier molecular flexibility index (Phi) is 5.35. The maximum Gasteiger partial charge on any atom is 0.339 e. The topological polar surface area (TPSA) is 75.0 Å². The van der Waals surface area contributed by atoms with Crippen molar-refractivity contribution in [3.63, 3.8) is 0 Å². The molecule has 0 radical (unpaired) electrons. The number of H-pyrrole nitrogens is 2. The van der Waals surface area contributed by atoms with E-state index in [0.29, 0.717) is 5.69 Å². The van der Waals surface area contributed by atoms with E-state index >= 15 is 0 Å². The van der Waals surface area contributed by atoms with Gasteiger partial charge in [0.2, 0.25) is 0 Å². The summed E-state index contributed by atoms with van der Waals surface area (Å²) < 4.78 is 4.93. The Morgan fingerprint density at radius 2 is 1.95 bits per heavy atom. The van der Waals surface area contributed by atoms with Crippen LogP contribution in [-0.4, -0.2) is 29.3 Å². The maximum atomic E-state index is 12.0. The number of ether oxygens (including phenoxy) is 1. The van der Waals surface area contributed by atoms with Gasteiger partial charge in [0.05, 0.1) is 18.4 Å². The molecule has 5 nitrogen and oxygen atoms in total. The molecule has 0 unspecified atom stereocenters. The number of thioether (sulfide) groups is 1. The molecule has 0 bridgehead atoms. The molecular formula is C15H14N2O3S2. The molecule has 114 valence electrons. The lowest BCUT2D eigenvalue weighted by molar-refractivity contribution is -0.133. The molecule has 0 amide bonds. The highest BCUT2D eigenvalue weighted by Crippen LogP contribution is 2.20. The van der Waals surface area contributed by atoms with Crippen molar-refractivity contribution in [2.24, 2.45) is 0 Å². The predicted octanol–water partition coefficient (Wildman–Crippen LogP) is 2.87. The molecule has 2 N–H and O–H groups in total. The first-order chi connectivity index (χ1) is 10.5. The van der Waals surface area contributed by atoms with E-state index in [2.05, 4.69) is 9.97 Å². The number of nitrogens with one attached hydrogen (secondary N) is 2. The van der Waals surface area contributed by atoms with E-state index in [1.807, 2.05) is 30.5 Å². The first-order valence-electron chi connectivity index (χ1n) is 6.31. The number of carbonyl (C=O) groups excluding carboxylic acids is 1. The van der Waals surface area contributed by atoms with Gasteiger partial charge < -0.3 is 9.72 Å². The van der Waals surface area contributed by atoms with Crippen LogP contribution in [0.2, 0.25) is 0 Å². The Bertz CT molecular complexity index is 791. The third-order valence-electron chi connectivity index (χ3n) is 2.88. The summed E-state index contributed by atoms with van der Waals surface area (Å²) in [4.78, 5) is 29.9. The molecule has 1 aromatic carbocycles. The fourth-order valence-electron chi connectivity index (χ4n) is 1.84. The van der Waals surface area contributed by atoms with Crippen LogP contribution in [0.15, 0.2) is 40.0 Å². The van der Waals surface area contributed by atoms with Crippen LogP contribution in [0, 0.1) is 4.77 Å². The van der Waals surface area contributed by atoms with Crippen molar-refractivity contribution in [2.75, 3.05) is 13.4 Å². The molecular weight excluding hydrogens is 320 g/mol. The number of hydrogen-bond acceptors (Lipinski definition) is 5.